The van der Waals surface area contributed by atoms with Crippen molar-refractivity contribution in [2.45, 2.75) is 0 Å². The van der Waals surface area contributed by atoms with Gasteiger partial charge in [0.15, 0.2) is 0 Å². The lowest BCUT2D eigenvalue weighted by atomic mass is 10.1. The minimum atomic E-state index is -4.57. The van der Waals surface area contributed by atoms with E-state index in [1.54, 1.807) is 38.5 Å². The number of hydrogen-bond acceptors (Lipinski definition) is 5. The zero-order valence-corrected chi connectivity index (χ0v) is 18.4. The molecule has 0 atom stereocenters. The molecule has 1 aromatic heterocycles. The van der Waals surface area contributed by atoms with Crippen molar-refractivity contribution in [2.24, 2.45) is 4.99 Å². The molecule has 2 aliphatic heterocycles. The molecule has 0 aliphatic carbocycles. The molecule has 0 saturated carbocycles. The van der Waals surface area contributed by atoms with Crippen molar-refractivity contribution in [3.05, 3.63) is 102 Å². The number of nitrogens with zero attached hydrogens (tertiary/aromatic N) is 1. The first-order chi connectivity index (χ1) is 16.4. The van der Waals surface area contributed by atoms with Crippen molar-refractivity contribution >= 4 is 18.6 Å². The highest BCUT2D eigenvalue weighted by molar-refractivity contribution is 6.53. The van der Waals surface area contributed by atoms with E-state index in [0.29, 0.717) is 22.9 Å². The van der Waals surface area contributed by atoms with E-state index < -0.39 is 7.11 Å². The van der Waals surface area contributed by atoms with Crippen molar-refractivity contribution in [1.82, 2.24) is 4.98 Å². The lowest BCUT2D eigenvalue weighted by Crippen LogP contribution is -2.34. The fourth-order valence-electron chi connectivity index (χ4n) is 3.72. The molecule has 1 N–H and O–H groups in total. The highest BCUT2D eigenvalue weighted by Crippen LogP contribution is 2.35. The summed E-state index contributed by atoms with van der Waals surface area (Å²) in [5, 5.41) is 0. The fourth-order valence-corrected chi connectivity index (χ4v) is 3.72. The Hall–Kier alpha value is -4.27. The summed E-state index contributed by atoms with van der Waals surface area (Å²) in [5.41, 5.74) is 3.66. The summed E-state index contributed by atoms with van der Waals surface area (Å²) in [6, 6.07) is 18.2. The third-order valence-corrected chi connectivity index (χ3v) is 5.38. The summed E-state index contributed by atoms with van der Waals surface area (Å²) in [5.74, 6) is 1.26. The molecule has 0 spiro atoms. The largest absolute Gasteiger partial charge is 0.726 e. The molecule has 2 aliphatic rings. The summed E-state index contributed by atoms with van der Waals surface area (Å²) in [6.45, 7) is 0. The van der Waals surface area contributed by atoms with Crippen molar-refractivity contribution in [3.63, 3.8) is 0 Å². The van der Waals surface area contributed by atoms with Crippen molar-refractivity contribution in [1.29, 1.82) is 0 Å². The Morgan fingerprint density at radius 3 is 2.24 bits per heavy atom. The molecule has 172 valence electrons. The summed E-state index contributed by atoms with van der Waals surface area (Å²) in [4.78, 5) is 7.61. The summed E-state index contributed by atoms with van der Waals surface area (Å²) in [7, 11) is -1.42. The lowest BCUT2D eigenvalue weighted by Gasteiger charge is -2.34. The van der Waals surface area contributed by atoms with Crippen LogP contribution in [0.3, 0.4) is 0 Å². The average Bonchev–Trinajstić information content (AvgIpc) is 3.54. The van der Waals surface area contributed by atoms with Crippen LogP contribution in [0.4, 0.5) is 8.63 Å². The van der Waals surface area contributed by atoms with Gasteiger partial charge in [-0.2, -0.15) is 0 Å². The summed E-state index contributed by atoms with van der Waals surface area (Å²) < 4.78 is 49.1. The van der Waals surface area contributed by atoms with Gasteiger partial charge in [0, 0.05) is 22.9 Å². The van der Waals surface area contributed by atoms with Crippen molar-refractivity contribution in [3.8, 4) is 22.8 Å². The van der Waals surface area contributed by atoms with Crippen LogP contribution in [-0.4, -0.2) is 32.0 Å². The van der Waals surface area contributed by atoms with E-state index in [1.807, 2.05) is 48.5 Å². The van der Waals surface area contributed by atoms with Gasteiger partial charge in [-0.05, 0) is 48.6 Å². The monoisotopic (exact) mass is 461 g/mol. The molecular formula is C25H20BF2N2O4-. The number of nitrogens with one attached hydrogen (secondary N) is 1. The van der Waals surface area contributed by atoms with E-state index in [0.717, 1.165) is 16.8 Å². The lowest BCUT2D eigenvalue weighted by molar-refractivity contribution is 0.171. The third-order valence-electron chi connectivity index (χ3n) is 5.38. The predicted octanol–water partition coefficient (Wildman–Crippen LogP) is 5.73. The molecule has 0 unspecified atom stereocenters. The second-order valence-electron chi connectivity index (χ2n) is 7.61. The maximum absolute atomic E-state index is 14.4. The van der Waals surface area contributed by atoms with Gasteiger partial charge in [0.25, 0.3) is 0 Å². The maximum Gasteiger partial charge on any atom is 0.726 e. The van der Waals surface area contributed by atoms with Crippen LogP contribution in [0, 0.1) is 0 Å². The number of benzene rings is 2. The van der Waals surface area contributed by atoms with E-state index in [-0.39, 0.29) is 17.2 Å². The zero-order chi connectivity index (χ0) is 23.7. The molecular weight excluding hydrogens is 441 g/mol. The first-order valence-electron chi connectivity index (χ1n) is 10.5. The van der Waals surface area contributed by atoms with Crippen LogP contribution in [-0.2, 0) is 9.31 Å². The molecule has 0 radical (unpaired) electrons. The highest BCUT2D eigenvalue weighted by Gasteiger charge is 2.39. The van der Waals surface area contributed by atoms with Gasteiger partial charge in [-0.1, -0.05) is 24.3 Å². The van der Waals surface area contributed by atoms with Crippen LogP contribution in [0.5, 0.6) is 11.5 Å². The fraction of sp³-hybridized carbons (Fsp3) is 0.0800. The standard InChI is InChI=1S/C25H20BF2N2O4/c1-31-18-7-3-5-16(13-18)20-9-11-22(29-20)24-15-25(34-26(27,28)33-24)23-12-10-21(30-23)17-6-4-8-19(14-17)32-2/h3-15,29H,1-2H3/q-1/b25-23-. The number of aliphatic imine (C=N–C) groups is 1. The van der Waals surface area contributed by atoms with E-state index in [1.165, 1.54) is 6.08 Å². The minimum absolute atomic E-state index is 0.0358. The Labute approximate surface area is 194 Å². The van der Waals surface area contributed by atoms with Crippen LogP contribution >= 0.6 is 0 Å². The number of rotatable bonds is 5. The van der Waals surface area contributed by atoms with Crippen LogP contribution in [0.25, 0.3) is 17.0 Å². The molecule has 6 nitrogen and oxygen atoms in total. The number of aromatic nitrogens is 1. The van der Waals surface area contributed by atoms with Crippen molar-refractivity contribution < 1.29 is 27.4 Å². The molecule has 3 aromatic rings. The van der Waals surface area contributed by atoms with Crippen LogP contribution < -0.4 is 9.47 Å². The first kappa shape index (κ1) is 21.6. The third kappa shape index (κ3) is 4.32. The van der Waals surface area contributed by atoms with Gasteiger partial charge in [0.2, 0.25) is 0 Å². The zero-order valence-electron chi connectivity index (χ0n) is 18.4. The number of allylic oxidation sites excluding steroid dienone is 3. The second-order valence-corrected chi connectivity index (χ2v) is 7.61. The first-order valence-corrected chi connectivity index (χ1v) is 10.5. The Kier molecular flexibility index (Phi) is 5.45. The number of halogens is 2. The Balaban J connectivity index is 1.49. The predicted molar refractivity (Wildman–Crippen MR) is 127 cm³/mol. The molecule has 5 rings (SSSR count). The number of methoxy groups -OCH3 is 2. The molecule has 0 bridgehead atoms. The number of aromatic amines is 1. The maximum atomic E-state index is 14.4. The highest BCUT2D eigenvalue weighted by atomic mass is 19.3. The minimum Gasteiger partial charge on any atom is -0.626 e. The van der Waals surface area contributed by atoms with E-state index >= 15 is 0 Å². The topological polar surface area (TPSA) is 65.1 Å². The Morgan fingerprint density at radius 2 is 1.50 bits per heavy atom. The molecule has 9 heteroatoms. The van der Waals surface area contributed by atoms with Gasteiger partial charge in [-0.15, -0.1) is 0 Å². The molecule has 34 heavy (non-hydrogen) atoms. The SMILES string of the molecule is COc1cccc(C2=N/C(=C3/C=C(c4ccc(-c5cccc(OC)c5)[nH]4)O[B-](F)(F)O3)C=C2)c1. The summed E-state index contributed by atoms with van der Waals surface area (Å²) in [6.07, 6.45) is 4.79. The van der Waals surface area contributed by atoms with Gasteiger partial charge >= 0.3 is 7.11 Å². The second kappa shape index (κ2) is 8.59. The van der Waals surface area contributed by atoms with E-state index in [4.69, 9.17) is 18.8 Å². The van der Waals surface area contributed by atoms with Gasteiger partial charge in [0.05, 0.1) is 25.6 Å². The van der Waals surface area contributed by atoms with E-state index in [9.17, 15) is 8.63 Å². The normalized spacial score (nSPS) is 18.6. The Morgan fingerprint density at radius 1 is 0.824 bits per heavy atom. The quantitative estimate of drug-likeness (QED) is 0.493. The van der Waals surface area contributed by atoms with Crippen LogP contribution in [0.1, 0.15) is 11.3 Å². The molecule has 0 saturated heterocycles. The average molecular weight is 461 g/mol. The smallest absolute Gasteiger partial charge is 0.626 e. The molecule has 0 fully saturated rings. The number of ether oxygens (including phenoxy) is 2. The van der Waals surface area contributed by atoms with Crippen LogP contribution in [0.15, 0.2) is 95.3 Å². The summed E-state index contributed by atoms with van der Waals surface area (Å²) >= 11 is 0. The van der Waals surface area contributed by atoms with E-state index in [2.05, 4.69) is 9.98 Å². The van der Waals surface area contributed by atoms with Gasteiger partial charge in [0.1, 0.15) is 28.7 Å². The number of hydrogen-bond donors (Lipinski definition) is 1. The molecule has 0 amide bonds. The van der Waals surface area contributed by atoms with Gasteiger partial charge < -0.3 is 32.4 Å². The molecule has 3 heterocycles. The Bertz CT molecular complexity index is 1370. The molecule has 2 aromatic carbocycles. The van der Waals surface area contributed by atoms with Gasteiger partial charge in [-0.25, -0.2) is 4.99 Å². The van der Waals surface area contributed by atoms with Crippen molar-refractivity contribution in [2.75, 3.05) is 14.2 Å². The van der Waals surface area contributed by atoms with Gasteiger partial charge in [-0.3, -0.25) is 0 Å². The number of H-pyrrole nitrogens is 1. The van der Waals surface area contributed by atoms with Crippen LogP contribution in [0.2, 0.25) is 0 Å².